The first-order chi connectivity index (χ1) is 8.28. The van der Waals surface area contributed by atoms with Crippen molar-refractivity contribution in [1.82, 2.24) is 5.32 Å². The maximum Gasteiger partial charge on any atom is 0.175 e. The van der Waals surface area contributed by atoms with Crippen molar-refractivity contribution in [2.45, 2.75) is 30.3 Å². The lowest BCUT2D eigenvalue weighted by molar-refractivity contribution is 0.376. The molecule has 1 aromatic carbocycles. The van der Waals surface area contributed by atoms with Crippen LogP contribution >= 0.6 is 11.8 Å². The van der Waals surface area contributed by atoms with Crippen LogP contribution in [0.3, 0.4) is 0 Å². The Morgan fingerprint density at radius 1 is 1.28 bits per heavy atom. The minimum Gasteiger partial charge on any atom is -0.303 e. The molecule has 1 saturated heterocycles. The zero-order valence-electron chi connectivity index (χ0n) is 10.9. The van der Waals surface area contributed by atoms with E-state index in [2.05, 4.69) is 19.2 Å². The molecule has 1 atom stereocenters. The lowest BCUT2D eigenvalue weighted by atomic mass is 10.0. The first-order valence-corrected chi connectivity index (χ1v) is 8.98. The molecule has 0 bridgehead atoms. The number of rotatable bonds is 2. The number of hydrogen-bond donors (Lipinski definition) is 1. The van der Waals surface area contributed by atoms with Gasteiger partial charge >= 0.3 is 0 Å². The Kier molecular flexibility index (Phi) is 3.76. The van der Waals surface area contributed by atoms with E-state index in [1.807, 2.05) is 23.9 Å². The molecular weight excluding hydrogens is 266 g/mol. The molecule has 0 spiro atoms. The number of hydrogen-bond acceptors (Lipinski definition) is 4. The minimum absolute atomic E-state index is 0.128. The van der Waals surface area contributed by atoms with E-state index in [0.717, 1.165) is 17.1 Å². The number of benzene rings is 1. The Labute approximate surface area is 113 Å². The fourth-order valence-corrected chi connectivity index (χ4v) is 3.97. The van der Waals surface area contributed by atoms with Crippen LogP contribution in [0.4, 0.5) is 0 Å². The topological polar surface area (TPSA) is 46.2 Å². The van der Waals surface area contributed by atoms with E-state index in [1.54, 1.807) is 12.1 Å². The van der Waals surface area contributed by atoms with Crippen LogP contribution in [0.2, 0.25) is 0 Å². The predicted octanol–water partition coefficient (Wildman–Crippen LogP) is 2.25. The Morgan fingerprint density at radius 3 is 2.39 bits per heavy atom. The van der Waals surface area contributed by atoms with E-state index in [4.69, 9.17) is 0 Å². The molecule has 0 saturated carbocycles. The fraction of sp³-hybridized carbons (Fsp3) is 0.538. The molecular formula is C13H19NO2S2. The van der Waals surface area contributed by atoms with Crippen LogP contribution in [0.1, 0.15) is 25.5 Å². The Balaban J connectivity index is 2.20. The Bertz CT molecular complexity index is 520. The summed E-state index contributed by atoms with van der Waals surface area (Å²) >= 11 is 1.93. The van der Waals surface area contributed by atoms with Gasteiger partial charge in [-0.05, 0) is 31.5 Å². The largest absolute Gasteiger partial charge is 0.303 e. The third kappa shape index (κ3) is 3.28. The van der Waals surface area contributed by atoms with Gasteiger partial charge in [0, 0.05) is 29.3 Å². The van der Waals surface area contributed by atoms with Gasteiger partial charge in [0.1, 0.15) is 0 Å². The van der Waals surface area contributed by atoms with Crippen LogP contribution in [0.25, 0.3) is 0 Å². The summed E-state index contributed by atoms with van der Waals surface area (Å²) in [5.74, 6) is 2.13. The fourth-order valence-electron chi connectivity index (χ4n) is 2.11. The van der Waals surface area contributed by atoms with Gasteiger partial charge in [-0.25, -0.2) is 8.42 Å². The van der Waals surface area contributed by atoms with Crippen LogP contribution in [0.5, 0.6) is 0 Å². The van der Waals surface area contributed by atoms with Crippen LogP contribution in [0, 0.1) is 0 Å². The molecule has 0 aliphatic carbocycles. The molecule has 0 aromatic heterocycles. The normalized spacial score (nSPS) is 23.8. The van der Waals surface area contributed by atoms with Crippen molar-refractivity contribution in [3.8, 4) is 0 Å². The van der Waals surface area contributed by atoms with Gasteiger partial charge in [-0.1, -0.05) is 12.1 Å². The van der Waals surface area contributed by atoms with Crippen LogP contribution in [0.15, 0.2) is 29.2 Å². The summed E-state index contributed by atoms with van der Waals surface area (Å²) in [4.78, 5) is 0.383. The van der Waals surface area contributed by atoms with Crippen LogP contribution in [-0.2, 0) is 9.84 Å². The maximum absolute atomic E-state index is 11.4. The Hall–Kier alpha value is -0.520. The third-order valence-electron chi connectivity index (χ3n) is 3.02. The molecule has 0 amide bonds. The summed E-state index contributed by atoms with van der Waals surface area (Å²) in [5.41, 5.74) is 1.28. The Morgan fingerprint density at radius 2 is 1.89 bits per heavy atom. The monoisotopic (exact) mass is 285 g/mol. The standard InChI is InChI=1S/C13H19NO2S2/c1-13(2)9-17-8-12(14-13)10-4-6-11(7-5-10)18(3,15)16/h4-7,12,14H,8-9H2,1-3H3. The van der Waals surface area contributed by atoms with Crippen LogP contribution in [-0.4, -0.2) is 31.7 Å². The summed E-state index contributed by atoms with van der Waals surface area (Å²) in [7, 11) is -3.10. The quantitative estimate of drug-likeness (QED) is 0.905. The molecule has 1 aliphatic heterocycles. The zero-order valence-corrected chi connectivity index (χ0v) is 12.6. The molecule has 18 heavy (non-hydrogen) atoms. The average molecular weight is 285 g/mol. The van der Waals surface area contributed by atoms with E-state index in [0.29, 0.717) is 10.9 Å². The van der Waals surface area contributed by atoms with Gasteiger partial charge in [0.2, 0.25) is 0 Å². The predicted molar refractivity (Wildman–Crippen MR) is 76.8 cm³/mol. The van der Waals surface area contributed by atoms with Gasteiger partial charge in [0.05, 0.1) is 4.90 Å². The van der Waals surface area contributed by atoms with E-state index >= 15 is 0 Å². The molecule has 1 aliphatic rings. The smallest absolute Gasteiger partial charge is 0.175 e. The highest BCUT2D eigenvalue weighted by molar-refractivity contribution is 7.99. The molecule has 1 N–H and O–H groups in total. The van der Waals surface area contributed by atoms with Crippen molar-refractivity contribution in [1.29, 1.82) is 0 Å². The van der Waals surface area contributed by atoms with Gasteiger partial charge in [-0.15, -0.1) is 0 Å². The third-order valence-corrected chi connectivity index (χ3v) is 5.65. The van der Waals surface area contributed by atoms with Crippen molar-refractivity contribution in [3.63, 3.8) is 0 Å². The summed E-state index contributed by atoms with van der Waals surface area (Å²) in [5, 5.41) is 3.60. The summed E-state index contributed by atoms with van der Waals surface area (Å²) in [6.45, 7) is 4.38. The number of nitrogens with one attached hydrogen (secondary N) is 1. The second-order valence-electron chi connectivity index (χ2n) is 5.44. The molecule has 2 rings (SSSR count). The van der Waals surface area contributed by atoms with Crippen LogP contribution < -0.4 is 5.32 Å². The number of sulfone groups is 1. The van der Waals surface area contributed by atoms with Crippen molar-refractivity contribution < 1.29 is 8.42 Å². The highest BCUT2D eigenvalue weighted by Crippen LogP contribution is 2.29. The first kappa shape index (κ1) is 13.9. The van der Waals surface area contributed by atoms with E-state index in [9.17, 15) is 8.42 Å². The second kappa shape index (κ2) is 4.87. The molecule has 0 radical (unpaired) electrons. The van der Waals surface area contributed by atoms with Gasteiger partial charge < -0.3 is 5.32 Å². The van der Waals surface area contributed by atoms with Gasteiger partial charge in [-0.2, -0.15) is 11.8 Å². The zero-order chi connectivity index (χ0) is 13.4. The highest BCUT2D eigenvalue weighted by atomic mass is 32.2. The lowest BCUT2D eigenvalue weighted by Gasteiger charge is -2.37. The minimum atomic E-state index is -3.10. The second-order valence-corrected chi connectivity index (χ2v) is 8.48. The highest BCUT2D eigenvalue weighted by Gasteiger charge is 2.28. The molecule has 5 heteroatoms. The summed E-state index contributed by atoms with van der Waals surface area (Å²) < 4.78 is 22.8. The van der Waals surface area contributed by atoms with Gasteiger partial charge in [-0.3, -0.25) is 0 Å². The molecule has 1 fully saturated rings. The maximum atomic E-state index is 11.4. The van der Waals surface area contributed by atoms with E-state index in [1.165, 1.54) is 6.26 Å². The van der Waals surface area contributed by atoms with Crippen molar-refractivity contribution in [3.05, 3.63) is 29.8 Å². The lowest BCUT2D eigenvalue weighted by Crippen LogP contribution is -2.48. The van der Waals surface area contributed by atoms with E-state index in [-0.39, 0.29) is 5.54 Å². The van der Waals surface area contributed by atoms with Crippen molar-refractivity contribution >= 4 is 21.6 Å². The molecule has 1 unspecified atom stereocenters. The van der Waals surface area contributed by atoms with E-state index < -0.39 is 9.84 Å². The van der Waals surface area contributed by atoms with Gasteiger partial charge in [0.25, 0.3) is 0 Å². The number of thioether (sulfide) groups is 1. The first-order valence-electron chi connectivity index (χ1n) is 5.93. The average Bonchev–Trinajstić information content (AvgIpc) is 2.27. The van der Waals surface area contributed by atoms with Crippen molar-refractivity contribution in [2.24, 2.45) is 0 Å². The molecule has 1 heterocycles. The van der Waals surface area contributed by atoms with Gasteiger partial charge in [0.15, 0.2) is 9.84 Å². The molecule has 100 valence electrons. The van der Waals surface area contributed by atoms with Crippen molar-refractivity contribution in [2.75, 3.05) is 17.8 Å². The molecule has 1 aromatic rings. The molecule has 3 nitrogen and oxygen atoms in total. The summed E-state index contributed by atoms with van der Waals surface area (Å²) in [6.07, 6.45) is 1.24. The summed E-state index contributed by atoms with van der Waals surface area (Å²) in [6, 6.07) is 7.51. The SMILES string of the molecule is CC1(C)CSCC(c2ccc(S(C)(=O)=O)cc2)N1.